The average molecular weight is 383 g/mol. The third-order valence-corrected chi connectivity index (χ3v) is 7.34. The van der Waals surface area contributed by atoms with Crippen LogP contribution in [-0.4, -0.2) is 46.4 Å². The van der Waals surface area contributed by atoms with Crippen LogP contribution in [0.5, 0.6) is 0 Å². The highest BCUT2D eigenvalue weighted by atomic mass is 32.1. The van der Waals surface area contributed by atoms with Crippen molar-refractivity contribution in [1.82, 2.24) is 14.8 Å². The van der Waals surface area contributed by atoms with Gasteiger partial charge in [-0.1, -0.05) is 31.4 Å². The number of likely N-dealkylation sites (tertiary alicyclic amines) is 1. The van der Waals surface area contributed by atoms with E-state index in [9.17, 15) is 10.1 Å². The first-order valence-electron chi connectivity index (χ1n) is 9.90. The van der Waals surface area contributed by atoms with Crippen LogP contribution in [0, 0.1) is 11.3 Å². The summed E-state index contributed by atoms with van der Waals surface area (Å²) in [5.41, 5.74) is 0.430. The van der Waals surface area contributed by atoms with Crippen molar-refractivity contribution < 1.29 is 4.79 Å². The number of rotatable bonds is 4. The molecule has 1 saturated heterocycles. The molecule has 0 spiro atoms. The Morgan fingerprint density at radius 1 is 1.33 bits per heavy atom. The smallest absolute Gasteiger partial charge is 0.237 e. The fraction of sp³-hybridized carbons (Fsp3) is 0.571. The van der Waals surface area contributed by atoms with Crippen LogP contribution in [0.15, 0.2) is 24.3 Å². The Morgan fingerprint density at radius 3 is 2.85 bits per heavy atom. The molecule has 2 fully saturated rings. The number of benzene rings is 1. The molecule has 0 N–H and O–H groups in total. The summed E-state index contributed by atoms with van der Waals surface area (Å²) in [5, 5.41) is 10.9. The number of carbonyl (C=O) groups excluding carboxylic acids is 1. The Morgan fingerprint density at radius 2 is 2.11 bits per heavy atom. The summed E-state index contributed by atoms with van der Waals surface area (Å²) < 4.78 is 1.20. The average Bonchev–Trinajstić information content (AvgIpc) is 3.34. The van der Waals surface area contributed by atoms with Crippen molar-refractivity contribution in [1.29, 1.82) is 5.26 Å². The largest absolute Gasteiger partial charge is 0.326 e. The molecular weight excluding hydrogens is 356 g/mol. The van der Waals surface area contributed by atoms with E-state index in [-0.39, 0.29) is 11.9 Å². The van der Waals surface area contributed by atoms with Crippen molar-refractivity contribution in [2.75, 3.05) is 20.1 Å². The van der Waals surface area contributed by atoms with Crippen LogP contribution >= 0.6 is 11.3 Å². The molecule has 27 heavy (non-hydrogen) atoms. The van der Waals surface area contributed by atoms with Gasteiger partial charge in [0.1, 0.15) is 10.5 Å². The molecule has 0 unspecified atom stereocenters. The lowest BCUT2D eigenvalue weighted by molar-refractivity contribution is -0.136. The molecule has 1 atom stereocenters. The van der Waals surface area contributed by atoms with Gasteiger partial charge < -0.3 is 4.90 Å². The quantitative estimate of drug-likeness (QED) is 0.798. The van der Waals surface area contributed by atoms with Crippen LogP contribution in [0.3, 0.4) is 0 Å². The topological polar surface area (TPSA) is 60.2 Å². The maximum absolute atomic E-state index is 13.0. The second-order valence-corrected chi connectivity index (χ2v) is 8.87. The normalized spacial score (nSPS) is 22.6. The molecule has 2 aromatic rings. The first-order chi connectivity index (χ1) is 13.1. The van der Waals surface area contributed by atoms with Gasteiger partial charge in [-0.3, -0.25) is 9.69 Å². The van der Waals surface area contributed by atoms with E-state index >= 15 is 0 Å². The van der Waals surface area contributed by atoms with Crippen LogP contribution in [0.2, 0.25) is 0 Å². The number of para-hydroxylation sites is 1. The summed E-state index contributed by atoms with van der Waals surface area (Å²) in [7, 11) is 1.82. The molecule has 1 aromatic carbocycles. The summed E-state index contributed by atoms with van der Waals surface area (Å²) in [6.07, 6.45) is 6.95. The molecular formula is C21H26N4OS. The Bertz CT molecular complexity index is 831. The number of fused-ring (bicyclic) bond motifs is 1. The molecule has 0 radical (unpaired) electrons. The number of nitrogens with zero attached hydrogens (tertiary/aromatic N) is 4. The van der Waals surface area contributed by atoms with Crippen molar-refractivity contribution in [3.05, 3.63) is 29.3 Å². The lowest BCUT2D eigenvalue weighted by atomic mass is 9.81. The van der Waals surface area contributed by atoms with E-state index in [4.69, 9.17) is 4.98 Å². The SMILES string of the molecule is CN(C(=O)CN1CCC[C@H]1c1nc2ccccc2s1)C1(C#N)CCCCC1. The molecule has 0 bridgehead atoms. The van der Waals surface area contributed by atoms with Gasteiger partial charge in [-0.2, -0.15) is 5.26 Å². The van der Waals surface area contributed by atoms with Crippen molar-refractivity contribution in [3.63, 3.8) is 0 Å². The highest BCUT2D eigenvalue weighted by molar-refractivity contribution is 7.18. The summed E-state index contributed by atoms with van der Waals surface area (Å²) in [6, 6.07) is 10.9. The maximum Gasteiger partial charge on any atom is 0.237 e. The highest BCUT2D eigenvalue weighted by Gasteiger charge is 2.40. The van der Waals surface area contributed by atoms with Crippen molar-refractivity contribution >= 4 is 27.5 Å². The zero-order chi connectivity index (χ0) is 18.9. The fourth-order valence-corrected chi connectivity index (χ4v) is 5.64. The molecule has 142 valence electrons. The Hall–Kier alpha value is -1.97. The lowest BCUT2D eigenvalue weighted by Crippen LogP contribution is -2.52. The van der Waals surface area contributed by atoms with Crippen LogP contribution in [0.1, 0.15) is 56.0 Å². The van der Waals surface area contributed by atoms with E-state index in [2.05, 4.69) is 17.0 Å². The minimum Gasteiger partial charge on any atom is -0.326 e. The second kappa shape index (κ2) is 7.57. The molecule has 1 aromatic heterocycles. The van der Waals surface area contributed by atoms with E-state index in [0.717, 1.165) is 62.0 Å². The number of thiazole rings is 1. The number of aromatic nitrogens is 1. The van der Waals surface area contributed by atoms with Gasteiger partial charge >= 0.3 is 0 Å². The molecule has 4 rings (SSSR count). The third-order valence-electron chi connectivity index (χ3n) is 6.20. The van der Waals surface area contributed by atoms with Crippen molar-refractivity contribution in [2.45, 2.75) is 56.5 Å². The second-order valence-electron chi connectivity index (χ2n) is 7.81. The van der Waals surface area contributed by atoms with Crippen molar-refractivity contribution in [2.24, 2.45) is 0 Å². The minimum atomic E-state index is -0.611. The minimum absolute atomic E-state index is 0.0615. The molecule has 2 heterocycles. The summed E-state index contributed by atoms with van der Waals surface area (Å²) in [4.78, 5) is 21.8. The number of nitriles is 1. The van der Waals surface area contributed by atoms with E-state index in [0.29, 0.717) is 6.54 Å². The number of carbonyl (C=O) groups is 1. The van der Waals surface area contributed by atoms with Crippen LogP contribution < -0.4 is 0 Å². The zero-order valence-electron chi connectivity index (χ0n) is 15.9. The Kier molecular flexibility index (Phi) is 5.16. The summed E-state index contributed by atoms with van der Waals surface area (Å²) in [6.45, 7) is 1.29. The lowest BCUT2D eigenvalue weighted by Gasteiger charge is -2.40. The standard InChI is InChI=1S/C21H26N4OS/c1-24(21(15-22)11-5-2-6-12-21)19(26)14-25-13-7-9-17(25)20-23-16-8-3-4-10-18(16)27-20/h3-4,8,10,17H,2,5-7,9,11-14H2,1H3/t17-/m0/s1. The predicted molar refractivity (Wildman–Crippen MR) is 107 cm³/mol. The number of hydrogen-bond donors (Lipinski definition) is 0. The van der Waals surface area contributed by atoms with Gasteiger partial charge in [0, 0.05) is 7.05 Å². The molecule has 2 aliphatic rings. The summed E-state index contributed by atoms with van der Waals surface area (Å²) in [5.74, 6) is 0.0615. The summed E-state index contributed by atoms with van der Waals surface area (Å²) >= 11 is 1.74. The molecule has 1 aliphatic carbocycles. The molecule has 1 saturated carbocycles. The van der Waals surface area contributed by atoms with Crippen LogP contribution in [0.25, 0.3) is 10.2 Å². The Balaban J connectivity index is 1.49. The fourth-order valence-electron chi connectivity index (χ4n) is 4.50. The van der Waals surface area contributed by atoms with E-state index in [1.165, 1.54) is 4.70 Å². The molecule has 1 aliphatic heterocycles. The zero-order valence-corrected chi connectivity index (χ0v) is 16.7. The number of likely N-dealkylation sites (N-methyl/N-ethyl adjacent to an activating group) is 1. The number of amides is 1. The van der Waals surface area contributed by atoms with Gasteiger partial charge in [-0.05, 0) is 44.4 Å². The van der Waals surface area contributed by atoms with E-state index < -0.39 is 5.54 Å². The van der Waals surface area contributed by atoms with Gasteiger partial charge in [0.15, 0.2) is 0 Å². The maximum atomic E-state index is 13.0. The van der Waals surface area contributed by atoms with E-state index in [1.54, 1.807) is 16.2 Å². The van der Waals surface area contributed by atoms with Gasteiger partial charge in [-0.15, -0.1) is 11.3 Å². The molecule has 6 heteroatoms. The molecule has 1 amide bonds. The first kappa shape index (κ1) is 18.4. The van der Waals surface area contributed by atoms with E-state index in [1.807, 2.05) is 25.2 Å². The van der Waals surface area contributed by atoms with Gasteiger partial charge in [-0.25, -0.2) is 4.98 Å². The first-order valence-corrected chi connectivity index (χ1v) is 10.7. The molecule has 5 nitrogen and oxygen atoms in total. The van der Waals surface area contributed by atoms with Gasteiger partial charge in [0.2, 0.25) is 5.91 Å². The predicted octanol–water partition coefficient (Wildman–Crippen LogP) is 4.12. The van der Waals surface area contributed by atoms with Gasteiger partial charge in [0.05, 0.1) is 28.9 Å². The third kappa shape index (κ3) is 3.46. The monoisotopic (exact) mass is 382 g/mol. The van der Waals surface area contributed by atoms with Gasteiger partial charge in [0.25, 0.3) is 0 Å². The van der Waals surface area contributed by atoms with Crippen LogP contribution in [0.4, 0.5) is 0 Å². The highest BCUT2D eigenvalue weighted by Crippen LogP contribution is 2.37. The van der Waals surface area contributed by atoms with Crippen LogP contribution in [-0.2, 0) is 4.79 Å². The number of hydrogen-bond acceptors (Lipinski definition) is 5. The Labute approximate surface area is 164 Å². The van der Waals surface area contributed by atoms with Crippen molar-refractivity contribution in [3.8, 4) is 6.07 Å².